The third kappa shape index (κ3) is 9.31. The van der Waals surface area contributed by atoms with E-state index in [-0.39, 0.29) is 24.8 Å². The van der Waals surface area contributed by atoms with E-state index in [1.165, 1.54) is 70.2 Å². The molecule has 5 aromatic rings. The van der Waals surface area contributed by atoms with Crippen LogP contribution in [0.25, 0.3) is 11.1 Å². The molecule has 202 valence electrons. The summed E-state index contributed by atoms with van der Waals surface area (Å²) in [6.07, 6.45) is 8.78. The molecule has 0 aliphatic heterocycles. The van der Waals surface area contributed by atoms with Gasteiger partial charge in [-0.25, -0.2) is 12.1 Å². The van der Waals surface area contributed by atoms with Gasteiger partial charge in [-0.2, -0.15) is 47.5 Å². The Balaban J connectivity index is 0.000000284. The van der Waals surface area contributed by atoms with Gasteiger partial charge in [-0.15, -0.1) is 5.56 Å². The minimum absolute atomic E-state index is 0. The van der Waals surface area contributed by atoms with Crippen LogP contribution in [0, 0.1) is 6.07 Å². The van der Waals surface area contributed by atoms with Crippen molar-refractivity contribution in [3.63, 3.8) is 0 Å². The maximum atomic E-state index is 3.55. The van der Waals surface area contributed by atoms with E-state index in [2.05, 4.69) is 97.1 Å². The molecule has 3 heteroatoms. The van der Waals surface area contributed by atoms with Crippen molar-refractivity contribution in [2.45, 2.75) is 44.9 Å². The predicted molar refractivity (Wildman–Crippen MR) is 158 cm³/mol. The topological polar surface area (TPSA) is 0 Å². The van der Waals surface area contributed by atoms with Gasteiger partial charge in [0.2, 0.25) is 0 Å². The molecule has 5 aromatic carbocycles. The van der Waals surface area contributed by atoms with Crippen LogP contribution < -0.4 is 24.8 Å². The van der Waals surface area contributed by atoms with Gasteiger partial charge >= 0.3 is 53.1 Å². The molecule has 0 atom stereocenters. The van der Waals surface area contributed by atoms with E-state index in [0.717, 1.165) is 19.3 Å². The van der Waals surface area contributed by atoms with Crippen molar-refractivity contribution in [3.05, 3.63) is 161 Å². The Hall–Kier alpha value is -2.44. The van der Waals surface area contributed by atoms with Gasteiger partial charge < -0.3 is 24.8 Å². The normalized spacial score (nSPS) is 12.4. The second-order valence-corrected chi connectivity index (χ2v) is 11.9. The average Bonchev–Trinajstić information content (AvgIpc) is 3.74. The average molecular weight is 641 g/mol. The molecule has 0 heterocycles. The fraction of sp³-hybridized carbons (Fsp3) is 0.189. The van der Waals surface area contributed by atoms with Crippen molar-refractivity contribution in [2.75, 3.05) is 0 Å². The first-order valence-electron chi connectivity index (χ1n) is 13.7. The molecule has 2 aliphatic rings. The standard InChI is InChI=1S/C27H21.C5H8.C5H5.2ClH.Zr/c1-3-7-20(8-4-1)15-22-11-13-24-19-25-14-12-23(18-27(25)26(24)17-22)16-21-9-5-2-6-10-21;2*1-2-4-5-3-1;;;/h1-13,17-18H,15-16,19H2;1-4H2;1-5H;2*1H;/q-1;;-1;;;+2/p-2. The van der Waals surface area contributed by atoms with Gasteiger partial charge in [-0.3, -0.25) is 0 Å². The van der Waals surface area contributed by atoms with Crippen LogP contribution in [0.4, 0.5) is 0 Å². The molecule has 0 nitrogen and oxygen atoms in total. The van der Waals surface area contributed by atoms with Crippen molar-refractivity contribution in [1.29, 1.82) is 0 Å². The van der Waals surface area contributed by atoms with Gasteiger partial charge in [0, 0.05) is 0 Å². The molecule has 1 fully saturated rings. The molecule has 0 bridgehead atoms. The molecule has 0 unspecified atom stereocenters. The fourth-order valence-electron chi connectivity index (χ4n) is 5.17. The fourth-order valence-corrected chi connectivity index (χ4v) is 6.04. The van der Waals surface area contributed by atoms with Gasteiger partial charge in [0.15, 0.2) is 0 Å². The molecular formula is C37H34Cl2Zr-2. The second-order valence-electron chi connectivity index (χ2n) is 10.2. The van der Waals surface area contributed by atoms with Gasteiger partial charge in [0.1, 0.15) is 0 Å². The maximum Gasteiger partial charge on any atom is -0.00259 e. The molecular weight excluding hydrogens is 607 g/mol. The molecule has 7 rings (SSSR count). The quantitative estimate of drug-likeness (QED) is 0.260. The molecule has 0 amide bonds. The second kappa shape index (κ2) is 16.7. The summed E-state index contributed by atoms with van der Waals surface area (Å²) < 4.78 is 1.79. The zero-order valence-corrected chi connectivity index (χ0v) is 26.7. The van der Waals surface area contributed by atoms with E-state index in [9.17, 15) is 0 Å². The van der Waals surface area contributed by atoms with Crippen molar-refractivity contribution in [1.82, 2.24) is 0 Å². The minimum atomic E-state index is 0. The van der Waals surface area contributed by atoms with Crippen LogP contribution in [0.1, 0.15) is 59.1 Å². The van der Waals surface area contributed by atoms with Crippen LogP contribution in [-0.2, 0) is 43.5 Å². The van der Waals surface area contributed by atoms with E-state index in [1.807, 2.05) is 30.3 Å². The summed E-state index contributed by atoms with van der Waals surface area (Å²) in [5.41, 5.74) is 10.9. The number of halogens is 2. The van der Waals surface area contributed by atoms with E-state index in [4.69, 9.17) is 0 Å². The summed E-state index contributed by atoms with van der Waals surface area (Å²) >= 11 is 1.68. The third-order valence-electron chi connectivity index (χ3n) is 7.18. The van der Waals surface area contributed by atoms with E-state index in [1.54, 1.807) is 27.4 Å². The van der Waals surface area contributed by atoms with Crippen LogP contribution in [0.2, 0.25) is 0 Å². The number of hydrogen-bond acceptors (Lipinski definition) is 0. The van der Waals surface area contributed by atoms with Gasteiger partial charge in [0.25, 0.3) is 0 Å². The first-order valence-corrected chi connectivity index (χ1v) is 14.9. The SMILES string of the molecule is [Cl-].[Cl-].[Zr+2]=[C]1CCCC1.[c-]1cc(Cc2ccccc2)cc2c1Cc1ccc(Cc3ccccc3)cc1-2.c1cc[cH-]c1. The number of fused-ring (bicyclic) bond motifs is 3. The molecule has 0 radical (unpaired) electrons. The minimum Gasteiger partial charge on any atom is -0.214 e. The third-order valence-corrected chi connectivity index (χ3v) is 8.41. The Labute approximate surface area is 267 Å². The van der Waals surface area contributed by atoms with E-state index >= 15 is 0 Å². The summed E-state index contributed by atoms with van der Waals surface area (Å²) in [6.45, 7) is 0. The predicted octanol–water partition coefficient (Wildman–Crippen LogP) is 2.93. The number of hydrogen-bond donors (Lipinski definition) is 0. The Kier molecular flexibility index (Phi) is 13.4. The van der Waals surface area contributed by atoms with E-state index in [0.29, 0.717) is 0 Å². The first kappa shape index (κ1) is 32.1. The summed E-state index contributed by atoms with van der Waals surface area (Å²) in [4.78, 5) is 0. The Morgan fingerprint density at radius 3 is 1.73 bits per heavy atom. The summed E-state index contributed by atoms with van der Waals surface area (Å²) in [5.74, 6) is 0. The summed E-state index contributed by atoms with van der Waals surface area (Å²) in [6, 6.07) is 46.4. The van der Waals surface area contributed by atoms with Crippen molar-refractivity contribution in [3.8, 4) is 11.1 Å². The summed E-state index contributed by atoms with van der Waals surface area (Å²) in [5, 5.41) is 0. The molecule has 1 saturated carbocycles. The largest absolute Gasteiger partial charge is 0.214 e. The van der Waals surface area contributed by atoms with Crippen molar-refractivity contribution >= 4 is 3.21 Å². The molecule has 40 heavy (non-hydrogen) atoms. The van der Waals surface area contributed by atoms with Crippen LogP contribution >= 0.6 is 0 Å². The number of benzene rings is 4. The van der Waals surface area contributed by atoms with Crippen molar-refractivity contribution in [2.24, 2.45) is 0 Å². The van der Waals surface area contributed by atoms with Crippen LogP contribution in [0.3, 0.4) is 0 Å². The van der Waals surface area contributed by atoms with Crippen LogP contribution in [0.5, 0.6) is 0 Å². The Bertz CT molecular complexity index is 1330. The van der Waals surface area contributed by atoms with Crippen LogP contribution in [0.15, 0.2) is 121 Å². The summed E-state index contributed by atoms with van der Waals surface area (Å²) in [7, 11) is 0. The smallest absolute Gasteiger partial charge is 0.00259 e. The molecule has 0 spiro atoms. The molecule has 2 aliphatic carbocycles. The van der Waals surface area contributed by atoms with Gasteiger partial charge in [-0.1, -0.05) is 95.6 Å². The monoisotopic (exact) mass is 638 g/mol. The van der Waals surface area contributed by atoms with E-state index < -0.39 is 0 Å². The van der Waals surface area contributed by atoms with Crippen LogP contribution in [-0.4, -0.2) is 3.21 Å². The molecule has 0 N–H and O–H groups in total. The zero-order chi connectivity index (χ0) is 26.0. The zero-order valence-electron chi connectivity index (χ0n) is 22.8. The van der Waals surface area contributed by atoms with Gasteiger partial charge in [0.05, 0.1) is 0 Å². The molecule has 0 saturated heterocycles. The first-order chi connectivity index (χ1) is 18.7. The maximum absolute atomic E-state index is 3.55. The Morgan fingerprint density at radius 1 is 0.625 bits per heavy atom. The number of rotatable bonds is 4. The van der Waals surface area contributed by atoms with Gasteiger partial charge in [-0.05, 0) is 30.4 Å². The molecule has 0 aromatic heterocycles. The van der Waals surface area contributed by atoms with Crippen molar-refractivity contribution < 1.29 is 49.0 Å². The Morgan fingerprint density at radius 2 is 1.20 bits per heavy atom.